The molecule has 0 bridgehead atoms. The molecule has 2 aromatic carbocycles. The molecule has 1 aliphatic rings. The Morgan fingerprint density at radius 1 is 0.973 bits per heavy atom. The zero-order valence-corrected chi connectivity index (χ0v) is 21.2. The van der Waals surface area contributed by atoms with Gasteiger partial charge in [-0.05, 0) is 36.4 Å². The third-order valence-electron chi connectivity index (χ3n) is 5.78. The molecule has 4 rings (SSSR count). The highest BCUT2D eigenvalue weighted by atomic mass is 35.5. The van der Waals surface area contributed by atoms with Crippen molar-refractivity contribution in [2.24, 2.45) is 0 Å². The van der Waals surface area contributed by atoms with E-state index in [1.165, 1.54) is 30.3 Å². The number of sulfonamides is 1. The van der Waals surface area contributed by atoms with Gasteiger partial charge in [-0.25, -0.2) is 18.4 Å². The number of aromatic nitrogens is 2. The number of carbonyl (C=O) groups is 2. The summed E-state index contributed by atoms with van der Waals surface area (Å²) in [4.78, 5) is 37.0. The van der Waals surface area contributed by atoms with Crippen LogP contribution in [-0.4, -0.2) is 74.1 Å². The third kappa shape index (κ3) is 6.53. The number of carboxylic acid groups (broad SMARTS) is 1. The number of nitrogens with one attached hydrogen (secondary N) is 2. The summed E-state index contributed by atoms with van der Waals surface area (Å²) in [5.74, 6) is -1.33. The molecule has 0 aliphatic carbocycles. The van der Waals surface area contributed by atoms with E-state index >= 15 is 0 Å². The Labute approximate surface area is 219 Å². The number of hydrogen-bond donors (Lipinski definition) is 3. The van der Waals surface area contributed by atoms with Crippen LogP contribution < -0.4 is 19.8 Å². The van der Waals surface area contributed by atoms with E-state index in [0.29, 0.717) is 37.1 Å². The summed E-state index contributed by atoms with van der Waals surface area (Å²) in [7, 11) is -4.08. The van der Waals surface area contributed by atoms with Crippen molar-refractivity contribution in [3.05, 3.63) is 77.6 Å². The van der Waals surface area contributed by atoms with E-state index in [1.54, 1.807) is 36.7 Å². The van der Waals surface area contributed by atoms with Gasteiger partial charge >= 0.3 is 5.97 Å². The number of halogens is 1. The lowest BCUT2D eigenvalue weighted by molar-refractivity contribution is -0.138. The van der Waals surface area contributed by atoms with Gasteiger partial charge in [-0.15, -0.1) is 0 Å². The van der Waals surface area contributed by atoms with E-state index in [-0.39, 0.29) is 10.5 Å². The molecular weight excluding hydrogens is 520 g/mol. The fourth-order valence-corrected chi connectivity index (χ4v) is 5.35. The Morgan fingerprint density at radius 2 is 1.62 bits per heavy atom. The lowest BCUT2D eigenvalue weighted by Crippen LogP contribution is -2.48. The van der Waals surface area contributed by atoms with E-state index in [0.717, 1.165) is 5.69 Å². The molecule has 1 aromatic heterocycles. The first kappa shape index (κ1) is 26.3. The molecule has 1 atom stereocenters. The highest BCUT2D eigenvalue weighted by Gasteiger charge is 2.26. The Morgan fingerprint density at radius 3 is 2.24 bits per heavy atom. The smallest absolute Gasteiger partial charge is 0.323 e. The zero-order chi connectivity index (χ0) is 26.4. The average Bonchev–Trinajstić information content (AvgIpc) is 2.91. The van der Waals surface area contributed by atoms with Gasteiger partial charge in [-0.1, -0.05) is 29.8 Å². The summed E-state index contributed by atoms with van der Waals surface area (Å²) < 4.78 is 27.1. The molecule has 11 nitrogen and oxygen atoms in total. The number of rotatable bonds is 9. The summed E-state index contributed by atoms with van der Waals surface area (Å²) in [5.41, 5.74) is 0.992. The first-order valence-corrected chi connectivity index (χ1v) is 13.3. The van der Waals surface area contributed by atoms with E-state index in [9.17, 15) is 23.1 Å². The number of carbonyl (C=O) groups excluding carboxylic acids is 1. The van der Waals surface area contributed by atoms with E-state index in [1.807, 2.05) is 0 Å². The predicted octanol–water partition coefficient (Wildman–Crippen LogP) is 1.62. The predicted molar refractivity (Wildman–Crippen MR) is 138 cm³/mol. The molecule has 3 aromatic rings. The van der Waals surface area contributed by atoms with Crippen LogP contribution in [0.5, 0.6) is 0 Å². The van der Waals surface area contributed by atoms with Crippen molar-refractivity contribution in [2.45, 2.75) is 10.9 Å². The summed E-state index contributed by atoms with van der Waals surface area (Å²) in [5, 5.41) is 12.3. The molecule has 2 heterocycles. The van der Waals surface area contributed by atoms with Gasteiger partial charge in [-0.3, -0.25) is 9.59 Å². The van der Waals surface area contributed by atoms with Crippen LogP contribution in [0.4, 0.5) is 11.6 Å². The highest BCUT2D eigenvalue weighted by Crippen LogP contribution is 2.28. The minimum Gasteiger partial charge on any atom is -0.480 e. The van der Waals surface area contributed by atoms with Crippen LogP contribution in [0.3, 0.4) is 0 Å². The van der Waals surface area contributed by atoms with Crippen LogP contribution in [0.2, 0.25) is 5.02 Å². The summed E-state index contributed by atoms with van der Waals surface area (Å²) in [6.45, 7) is 2.33. The maximum absolute atomic E-state index is 12.7. The van der Waals surface area contributed by atoms with Gasteiger partial charge in [0.2, 0.25) is 16.0 Å². The summed E-state index contributed by atoms with van der Waals surface area (Å²) in [6.07, 6.45) is 3.40. The van der Waals surface area contributed by atoms with Crippen LogP contribution >= 0.6 is 11.6 Å². The Hall–Kier alpha value is -3.74. The Bertz CT molecular complexity index is 1350. The Balaban J connectivity index is 1.36. The number of carboxylic acids is 1. The number of nitrogens with zero attached hydrogens (tertiary/aromatic N) is 4. The van der Waals surface area contributed by atoms with Gasteiger partial charge in [0.05, 0.1) is 15.6 Å². The fraction of sp³-hybridized carbons (Fsp3) is 0.250. The van der Waals surface area contributed by atoms with Crippen molar-refractivity contribution >= 4 is 45.1 Å². The van der Waals surface area contributed by atoms with Crippen LogP contribution in [0.15, 0.2) is 71.9 Å². The molecule has 1 saturated heterocycles. The van der Waals surface area contributed by atoms with Crippen LogP contribution in [0.25, 0.3) is 0 Å². The maximum atomic E-state index is 12.7. The average molecular weight is 545 g/mol. The first-order chi connectivity index (χ1) is 17.7. The van der Waals surface area contributed by atoms with E-state index in [4.69, 9.17) is 11.6 Å². The molecule has 0 spiro atoms. The van der Waals surface area contributed by atoms with E-state index < -0.39 is 34.5 Å². The van der Waals surface area contributed by atoms with E-state index in [2.05, 4.69) is 29.8 Å². The number of piperazine rings is 1. The number of hydrogen-bond acceptors (Lipinski definition) is 8. The van der Waals surface area contributed by atoms with Crippen molar-refractivity contribution in [3.63, 3.8) is 0 Å². The molecule has 0 radical (unpaired) electrons. The first-order valence-electron chi connectivity index (χ1n) is 11.4. The number of anilines is 2. The zero-order valence-electron chi connectivity index (χ0n) is 19.6. The molecular formula is C24H25ClN6O5S. The van der Waals surface area contributed by atoms with Crippen LogP contribution in [-0.2, 0) is 14.8 Å². The summed E-state index contributed by atoms with van der Waals surface area (Å²) in [6, 6.07) is 12.4. The van der Waals surface area contributed by atoms with Gasteiger partial charge in [0.25, 0.3) is 5.91 Å². The molecule has 1 fully saturated rings. The minimum absolute atomic E-state index is 0.0768. The van der Waals surface area contributed by atoms with Gasteiger partial charge in [0, 0.05) is 50.7 Å². The monoisotopic (exact) mass is 544 g/mol. The Kier molecular flexibility index (Phi) is 8.21. The highest BCUT2D eigenvalue weighted by molar-refractivity contribution is 7.89. The number of amides is 1. The van der Waals surface area contributed by atoms with Crippen molar-refractivity contribution in [1.82, 2.24) is 20.0 Å². The van der Waals surface area contributed by atoms with Crippen molar-refractivity contribution < 1.29 is 23.1 Å². The number of aliphatic carboxylic acids is 1. The topological polar surface area (TPSA) is 145 Å². The van der Waals surface area contributed by atoms with Crippen LogP contribution in [0.1, 0.15) is 10.4 Å². The second-order valence-electron chi connectivity index (χ2n) is 8.22. The fourth-order valence-electron chi connectivity index (χ4n) is 3.84. The molecule has 13 heteroatoms. The van der Waals surface area contributed by atoms with Gasteiger partial charge in [0.1, 0.15) is 6.04 Å². The standard InChI is InChI=1S/C24H25ClN6O5S/c25-19-15-17(7-8-21(19)30-11-13-31(14-12-30)24-26-9-4-10-27-24)22(32)28-16-20(23(33)34)29-37(35,36)18-5-2-1-3-6-18/h1-10,15,20,29H,11-14,16H2,(H,28,32)(H,33,34)/t20-/m0/s1. The summed E-state index contributed by atoms with van der Waals surface area (Å²) >= 11 is 6.48. The van der Waals surface area contributed by atoms with Crippen molar-refractivity contribution in [2.75, 3.05) is 42.5 Å². The van der Waals surface area contributed by atoms with Crippen molar-refractivity contribution in [1.29, 1.82) is 0 Å². The lowest BCUT2D eigenvalue weighted by atomic mass is 10.1. The molecule has 194 valence electrons. The van der Waals surface area contributed by atoms with Crippen LogP contribution in [0, 0.1) is 0 Å². The SMILES string of the molecule is O=C(NC[C@H](NS(=O)(=O)c1ccccc1)C(=O)O)c1ccc(N2CCN(c3ncccn3)CC2)c(Cl)c1. The molecule has 1 amide bonds. The molecule has 0 saturated carbocycles. The normalized spacial score (nSPS) is 14.7. The van der Waals surface area contributed by atoms with Gasteiger partial charge in [-0.2, -0.15) is 4.72 Å². The maximum Gasteiger partial charge on any atom is 0.323 e. The molecule has 0 unspecified atom stereocenters. The van der Waals surface area contributed by atoms with Gasteiger partial charge < -0.3 is 20.2 Å². The minimum atomic E-state index is -4.08. The second-order valence-corrected chi connectivity index (χ2v) is 10.3. The largest absolute Gasteiger partial charge is 0.480 e. The number of benzene rings is 2. The molecule has 37 heavy (non-hydrogen) atoms. The molecule has 1 aliphatic heterocycles. The molecule has 3 N–H and O–H groups in total. The third-order valence-corrected chi connectivity index (χ3v) is 7.57. The van der Waals surface area contributed by atoms with Gasteiger partial charge in [0.15, 0.2) is 0 Å². The van der Waals surface area contributed by atoms with Crippen molar-refractivity contribution in [3.8, 4) is 0 Å². The second kappa shape index (κ2) is 11.5. The lowest BCUT2D eigenvalue weighted by Gasteiger charge is -2.36. The quantitative estimate of drug-likeness (QED) is 0.366.